The molecule has 0 radical (unpaired) electrons. The number of para-hydroxylation sites is 1. The largest absolute Gasteiger partial charge is 0.384 e. The first-order valence-electron chi connectivity index (χ1n) is 6.67. The normalized spacial score (nSPS) is 13.1. The van der Waals surface area contributed by atoms with E-state index in [1.54, 1.807) is 7.11 Å². The number of rotatable bonds is 6. The molecule has 0 aliphatic carbocycles. The molecule has 0 bridgehead atoms. The fourth-order valence-corrected chi connectivity index (χ4v) is 2.70. The summed E-state index contributed by atoms with van der Waals surface area (Å²) < 4.78 is 7.54. The van der Waals surface area contributed by atoms with Gasteiger partial charge in [-0.25, -0.2) is 4.98 Å². The van der Waals surface area contributed by atoms with Crippen LogP contribution in [-0.2, 0) is 17.7 Å². The van der Waals surface area contributed by atoms with Crippen LogP contribution in [0.3, 0.4) is 0 Å². The molecular weight excluding hydrogens is 260 g/mol. The zero-order valence-electron chi connectivity index (χ0n) is 11.8. The highest BCUT2D eigenvalue weighted by Gasteiger charge is 2.14. The maximum atomic E-state index is 5.90. The lowest BCUT2D eigenvalue weighted by atomic mass is 10.1. The van der Waals surface area contributed by atoms with Gasteiger partial charge in [0.25, 0.3) is 0 Å². The number of aryl methyl sites for hydroxylation is 2. The van der Waals surface area contributed by atoms with E-state index >= 15 is 0 Å². The van der Waals surface area contributed by atoms with E-state index in [1.165, 1.54) is 11.1 Å². The van der Waals surface area contributed by atoms with Crippen LogP contribution < -0.4 is 0 Å². The Bertz CT molecular complexity index is 550. The third kappa shape index (κ3) is 3.10. The average molecular weight is 281 g/mol. The van der Waals surface area contributed by atoms with Gasteiger partial charge in [-0.2, -0.15) is 0 Å². The fourth-order valence-electron chi connectivity index (χ4n) is 2.53. The number of alkyl halides is 1. The Morgan fingerprint density at radius 1 is 1.42 bits per heavy atom. The van der Waals surface area contributed by atoms with Gasteiger partial charge in [0.2, 0.25) is 0 Å². The van der Waals surface area contributed by atoms with E-state index in [0.717, 1.165) is 30.9 Å². The monoisotopic (exact) mass is 280 g/mol. The molecule has 19 heavy (non-hydrogen) atoms. The maximum absolute atomic E-state index is 5.90. The quantitative estimate of drug-likeness (QED) is 0.758. The first-order chi connectivity index (χ1) is 9.17. The van der Waals surface area contributed by atoms with Gasteiger partial charge in [0.05, 0.1) is 17.6 Å². The van der Waals surface area contributed by atoms with E-state index in [4.69, 9.17) is 21.3 Å². The predicted octanol–water partition coefficient (Wildman–Crippen LogP) is 3.41. The summed E-state index contributed by atoms with van der Waals surface area (Å²) in [6.07, 6.45) is 0.801. The van der Waals surface area contributed by atoms with Crippen molar-refractivity contribution < 1.29 is 4.74 Å². The first kappa shape index (κ1) is 14.4. The Balaban J connectivity index is 2.44. The Labute approximate surface area is 119 Å². The van der Waals surface area contributed by atoms with Gasteiger partial charge in [-0.1, -0.05) is 19.1 Å². The molecule has 0 aliphatic rings. The number of halogens is 1. The van der Waals surface area contributed by atoms with Crippen molar-refractivity contribution in [3.63, 3.8) is 0 Å². The molecule has 0 saturated carbocycles. The molecule has 1 aromatic heterocycles. The van der Waals surface area contributed by atoms with Crippen LogP contribution >= 0.6 is 11.6 Å². The summed E-state index contributed by atoms with van der Waals surface area (Å²) >= 11 is 5.90. The number of nitrogens with zero attached hydrogens (tertiary/aromatic N) is 2. The highest BCUT2D eigenvalue weighted by Crippen LogP contribution is 2.22. The number of hydrogen-bond donors (Lipinski definition) is 0. The molecule has 0 amide bonds. The molecule has 0 fully saturated rings. The van der Waals surface area contributed by atoms with Gasteiger partial charge in [0.15, 0.2) is 0 Å². The maximum Gasteiger partial charge on any atom is 0.111 e. The Morgan fingerprint density at radius 3 is 2.89 bits per heavy atom. The number of hydrogen-bond acceptors (Lipinski definition) is 2. The predicted molar refractivity (Wildman–Crippen MR) is 79.9 cm³/mol. The van der Waals surface area contributed by atoms with Crippen molar-refractivity contribution in [3.05, 3.63) is 29.6 Å². The van der Waals surface area contributed by atoms with Gasteiger partial charge in [-0.05, 0) is 24.5 Å². The second-order valence-corrected chi connectivity index (χ2v) is 5.46. The van der Waals surface area contributed by atoms with Crippen molar-refractivity contribution in [2.24, 2.45) is 5.92 Å². The van der Waals surface area contributed by atoms with Crippen molar-refractivity contribution in [2.75, 3.05) is 19.6 Å². The van der Waals surface area contributed by atoms with E-state index in [-0.39, 0.29) is 0 Å². The van der Waals surface area contributed by atoms with Gasteiger partial charge in [0.1, 0.15) is 5.82 Å². The van der Waals surface area contributed by atoms with Gasteiger partial charge >= 0.3 is 0 Å². The van der Waals surface area contributed by atoms with E-state index in [0.29, 0.717) is 11.8 Å². The molecule has 1 heterocycles. The van der Waals surface area contributed by atoms with Crippen LogP contribution in [0, 0.1) is 12.8 Å². The summed E-state index contributed by atoms with van der Waals surface area (Å²) in [5, 5.41) is 0. The smallest absolute Gasteiger partial charge is 0.111 e. The molecule has 3 nitrogen and oxygen atoms in total. The van der Waals surface area contributed by atoms with Crippen molar-refractivity contribution in [3.8, 4) is 0 Å². The summed E-state index contributed by atoms with van der Waals surface area (Å²) in [4.78, 5) is 4.71. The summed E-state index contributed by atoms with van der Waals surface area (Å²) in [5.74, 6) is 2.12. The number of aromatic nitrogens is 2. The molecule has 1 atom stereocenters. The van der Waals surface area contributed by atoms with Crippen LogP contribution in [0.1, 0.15) is 18.3 Å². The molecule has 1 aromatic carbocycles. The summed E-state index contributed by atoms with van der Waals surface area (Å²) in [6.45, 7) is 6.00. The first-order valence-corrected chi connectivity index (χ1v) is 7.20. The lowest BCUT2D eigenvalue weighted by Gasteiger charge is -2.15. The molecule has 104 valence electrons. The fraction of sp³-hybridized carbons (Fsp3) is 0.533. The number of fused-ring (bicyclic) bond motifs is 1. The van der Waals surface area contributed by atoms with Crippen molar-refractivity contribution in [1.82, 2.24) is 9.55 Å². The lowest BCUT2D eigenvalue weighted by Crippen LogP contribution is -2.15. The number of ether oxygens (including phenoxy) is 1. The van der Waals surface area contributed by atoms with Crippen molar-refractivity contribution >= 4 is 22.6 Å². The molecule has 0 spiro atoms. The minimum atomic E-state index is 0.455. The Kier molecular flexibility index (Phi) is 4.83. The van der Waals surface area contributed by atoms with Crippen molar-refractivity contribution in [1.29, 1.82) is 0 Å². The highest BCUT2D eigenvalue weighted by molar-refractivity contribution is 6.17. The van der Waals surface area contributed by atoms with E-state index in [1.807, 2.05) is 0 Å². The zero-order chi connectivity index (χ0) is 13.8. The SMILES string of the molecule is COCC(C)Cn1c(CCCl)nc2cccc(C)c21. The van der Waals surface area contributed by atoms with Crippen LogP contribution in [-0.4, -0.2) is 29.1 Å². The molecular formula is C15H21ClN2O. The average Bonchev–Trinajstić information content (AvgIpc) is 2.70. The van der Waals surface area contributed by atoms with Gasteiger partial charge < -0.3 is 9.30 Å². The molecule has 4 heteroatoms. The van der Waals surface area contributed by atoms with Crippen LogP contribution in [0.2, 0.25) is 0 Å². The summed E-state index contributed by atoms with van der Waals surface area (Å²) in [5.41, 5.74) is 3.55. The zero-order valence-corrected chi connectivity index (χ0v) is 12.6. The molecule has 2 rings (SSSR count). The van der Waals surface area contributed by atoms with Crippen LogP contribution in [0.4, 0.5) is 0 Å². The topological polar surface area (TPSA) is 27.1 Å². The second kappa shape index (κ2) is 6.40. The molecule has 0 saturated heterocycles. The van der Waals surface area contributed by atoms with E-state index in [2.05, 4.69) is 36.6 Å². The van der Waals surface area contributed by atoms with Crippen molar-refractivity contribution in [2.45, 2.75) is 26.8 Å². The third-order valence-electron chi connectivity index (χ3n) is 3.31. The highest BCUT2D eigenvalue weighted by atomic mass is 35.5. The lowest BCUT2D eigenvalue weighted by molar-refractivity contribution is 0.151. The summed E-state index contributed by atoms with van der Waals surface area (Å²) in [7, 11) is 1.74. The molecule has 1 unspecified atom stereocenters. The molecule has 0 aliphatic heterocycles. The Morgan fingerprint density at radius 2 is 2.21 bits per heavy atom. The van der Waals surface area contributed by atoms with Gasteiger partial charge in [-0.15, -0.1) is 11.6 Å². The van der Waals surface area contributed by atoms with E-state index < -0.39 is 0 Å². The Hall–Kier alpha value is -1.06. The number of methoxy groups -OCH3 is 1. The van der Waals surface area contributed by atoms with Crippen LogP contribution in [0.5, 0.6) is 0 Å². The number of benzene rings is 1. The molecule has 2 aromatic rings. The number of imidazole rings is 1. The van der Waals surface area contributed by atoms with Gasteiger partial charge in [-0.3, -0.25) is 0 Å². The van der Waals surface area contributed by atoms with Gasteiger partial charge in [0, 0.05) is 26.0 Å². The molecule has 0 N–H and O–H groups in total. The van der Waals surface area contributed by atoms with Crippen LogP contribution in [0.25, 0.3) is 11.0 Å². The van der Waals surface area contributed by atoms with E-state index in [9.17, 15) is 0 Å². The minimum absolute atomic E-state index is 0.455. The summed E-state index contributed by atoms with van der Waals surface area (Å²) in [6, 6.07) is 6.25. The standard InChI is InChI=1S/C15H21ClN2O/c1-11(10-19-3)9-18-14(7-8-16)17-13-6-4-5-12(2)15(13)18/h4-6,11H,7-10H2,1-3H3. The third-order valence-corrected chi connectivity index (χ3v) is 3.50. The van der Waals surface area contributed by atoms with Crippen LogP contribution in [0.15, 0.2) is 18.2 Å². The second-order valence-electron chi connectivity index (χ2n) is 5.08. The minimum Gasteiger partial charge on any atom is -0.384 e.